The number of hydrogen-bond donors (Lipinski definition) is 2. The Morgan fingerprint density at radius 2 is 1.95 bits per heavy atom. The Morgan fingerprint density at radius 3 is 2.47 bits per heavy atom. The topological polar surface area (TPSA) is 81.4 Å². The Bertz CT molecular complexity index is 478. The molecule has 19 heavy (non-hydrogen) atoms. The van der Waals surface area contributed by atoms with Crippen LogP contribution in [0.15, 0.2) is 24.3 Å². The highest BCUT2D eigenvalue weighted by Gasteiger charge is 2.51. The van der Waals surface area contributed by atoms with Gasteiger partial charge in [-0.15, -0.1) is 0 Å². The number of hydrogen-bond acceptors (Lipinski definition) is 4. The number of benzene rings is 1. The monoisotopic (exact) mass is 262 g/mol. The highest BCUT2D eigenvalue weighted by atomic mass is 16.5. The van der Waals surface area contributed by atoms with Gasteiger partial charge in [0.15, 0.2) is 0 Å². The van der Waals surface area contributed by atoms with Gasteiger partial charge < -0.3 is 15.8 Å². The second kappa shape index (κ2) is 5.30. The lowest BCUT2D eigenvalue weighted by molar-refractivity contribution is -0.143. The molecule has 0 saturated heterocycles. The summed E-state index contributed by atoms with van der Waals surface area (Å²) in [5.74, 6) is -0.533. The van der Waals surface area contributed by atoms with Gasteiger partial charge in [0, 0.05) is 5.69 Å². The van der Waals surface area contributed by atoms with Crippen LogP contribution in [0.2, 0.25) is 0 Å². The van der Waals surface area contributed by atoms with Crippen LogP contribution in [0.1, 0.15) is 25.3 Å². The molecule has 0 heterocycles. The Balaban J connectivity index is 1.98. The molecule has 2 rings (SSSR count). The highest BCUT2D eigenvalue weighted by molar-refractivity contribution is 5.93. The maximum Gasteiger partial charge on any atom is 0.325 e. The van der Waals surface area contributed by atoms with E-state index in [0.29, 0.717) is 12.3 Å². The largest absolute Gasteiger partial charge is 0.465 e. The number of rotatable bonds is 5. The summed E-state index contributed by atoms with van der Waals surface area (Å²) in [4.78, 5) is 23.4. The fourth-order valence-electron chi connectivity index (χ4n) is 2.11. The molecule has 3 N–H and O–H groups in total. The van der Waals surface area contributed by atoms with Crippen molar-refractivity contribution < 1.29 is 14.3 Å². The van der Waals surface area contributed by atoms with Gasteiger partial charge in [0.2, 0.25) is 5.91 Å². The average molecular weight is 262 g/mol. The van der Waals surface area contributed by atoms with Gasteiger partial charge in [0.05, 0.1) is 12.0 Å². The lowest BCUT2D eigenvalue weighted by Gasteiger charge is -2.15. The first-order chi connectivity index (χ1) is 9.08. The predicted octanol–water partition coefficient (Wildman–Crippen LogP) is 0.980. The van der Waals surface area contributed by atoms with Gasteiger partial charge in [-0.2, -0.15) is 0 Å². The smallest absolute Gasteiger partial charge is 0.325 e. The second-order valence-electron chi connectivity index (χ2n) is 4.69. The van der Waals surface area contributed by atoms with E-state index < -0.39 is 11.4 Å². The molecule has 102 valence electrons. The average Bonchev–Trinajstić information content (AvgIpc) is 3.19. The molecule has 0 radical (unpaired) electrons. The summed E-state index contributed by atoms with van der Waals surface area (Å²) < 4.78 is 4.78. The third-order valence-corrected chi connectivity index (χ3v) is 3.35. The molecule has 0 atom stereocenters. The number of carbonyl (C=O) groups excluding carboxylic acids is 2. The SMILES string of the molecule is CCOC(=O)CNC(=O)C1(c2ccc(N)cc2)CC1. The van der Waals surface area contributed by atoms with Crippen LogP contribution in [0.3, 0.4) is 0 Å². The molecule has 1 aromatic rings. The maximum absolute atomic E-state index is 12.2. The van der Waals surface area contributed by atoms with E-state index in [4.69, 9.17) is 10.5 Å². The minimum atomic E-state index is -0.486. The molecule has 1 aromatic carbocycles. The van der Waals surface area contributed by atoms with Crippen molar-refractivity contribution in [3.8, 4) is 0 Å². The van der Waals surface area contributed by atoms with Crippen LogP contribution in [0.25, 0.3) is 0 Å². The Kier molecular flexibility index (Phi) is 3.74. The van der Waals surface area contributed by atoms with E-state index >= 15 is 0 Å². The minimum Gasteiger partial charge on any atom is -0.465 e. The van der Waals surface area contributed by atoms with Crippen molar-refractivity contribution >= 4 is 17.6 Å². The van der Waals surface area contributed by atoms with Gasteiger partial charge in [0.1, 0.15) is 6.54 Å². The number of carbonyl (C=O) groups is 2. The van der Waals surface area contributed by atoms with Crippen molar-refractivity contribution in [2.75, 3.05) is 18.9 Å². The summed E-state index contributed by atoms with van der Waals surface area (Å²) in [7, 11) is 0. The standard InChI is InChI=1S/C14H18N2O3/c1-2-19-12(17)9-16-13(18)14(7-8-14)10-3-5-11(15)6-4-10/h3-6H,2,7-9,15H2,1H3,(H,16,18). The minimum absolute atomic E-state index is 0.0800. The molecule has 1 saturated carbocycles. The number of anilines is 1. The van der Waals surface area contributed by atoms with Crippen LogP contribution in [0, 0.1) is 0 Å². The van der Waals surface area contributed by atoms with Crippen molar-refractivity contribution in [2.24, 2.45) is 0 Å². The number of nitrogens with one attached hydrogen (secondary N) is 1. The highest BCUT2D eigenvalue weighted by Crippen LogP contribution is 2.48. The fourth-order valence-corrected chi connectivity index (χ4v) is 2.11. The molecule has 1 aliphatic carbocycles. The van der Waals surface area contributed by atoms with Gasteiger partial charge in [-0.25, -0.2) is 0 Å². The predicted molar refractivity (Wildman–Crippen MR) is 71.4 cm³/mol. The van der Waals surface area contributed by atoms with Crippen molar-refractivity contribution in [2.45, 2.75) is 25.2 Å². The zero-order valence-corrected chi connectivity index (χ0v) is 10.9. The summed E-state index contributed by atoms with van der Waals surface area (Å²) >= 11 is 0. The van der Waals surface area contributed by atoms with E-state index in [-0.39, 0.29) is 12.5 Å². The van der Waals surface area contributed by atoms with Crippen molar-refractivity contribution in [3.05, 3.63) is 29.8 Å². The van der Waals surface area contributed by atoms with Crippen LogP contribution < -0.4 is 11.1 Å². The zero-order valence-electron chi connectivity index (χ0n) is 10.9. The molecule has 5 nitrogen and oxygen atoms in total. The normalized spacial score (nSPS) is 15.6. The van der Waals surface area contributed by atoms with E-state index in [1.807, 2.05) is 12.1 Å². The molecule has 0 aromatic heterocycles. The van der Waals surface area contributed by atoms with E-state index in [0.717, 1.165) is 18.4 Å². The summed E-state index contributed by atoms with van der Waals surface area (Å²) in [6, 6.07) is 7.31. The molecular formula is C14H18N2O3. The van der Waals surface area contributed by atoms with Crippen LogP contribution in [0.4, 0.5) is 5.69 Å². The first-order valence-corrected chi connectivity index (χ1v) is 6.38. The lowest BCUT2D eigenvalue weighted by atomic mass is 9.95. The second-order valence-corrected chi connectivity index (χ2v) is 4.69. The van der Waals surface area contributed by atoms with Gasteiger partial charge in [-0.3, -0.25) is 9.59 Å². The lowest BCUT2D eigenvalue weighted by Crippen LogP contribution is -2.38. The van der Waals surface area contributed by atoms with E-state index in [9.17, 15) is 9.59 Å². The van der Waals surface area contributed by atoms with Gasteiger partial charge in [-0.1, -0.05) is 12.1 Å². The number of esters is 1. The van der Waals surface area contributed by atoms with E-state index in [2.05, 4.69) is 5.32 Å². The molecule has 5 heteroatoms. The molecule has 1 fully saturated rings. The van der Waals surface area contributed by atoms with Crippen molar-refractivity contribution in [3.63, 3.8) is 0 Å². The number of amides is 1. The van der Waals surface area contributed by atoms with Gasteiger partial charge in [0.25, 0.3) is 0 Å². The molecule has 0 aliphatic heterocycles. The first kappa shape index (κ1) is 13.4. The van der Waals surface area contributed by atoms with Crippen LogP contribution in [0.5, 0.6) is 0 Å². The third kappa shape index (κ3) is 2.86. The van der Waals surface area contributed by atoms with Crippen LogP contribution >= 0.6 is 0 Å². The maximum atomic E-state index is 12.2. The zero-order chi connectivity index (χ0) is 13.9. The van der Waals surface area contributed by atoms with Crippen LogP contribution in [-0.2, 0) is 19.7 Å². The van der Waals surface area contributed by atoms with Crippen LogP contribution in [-0.4, -0.2) is 25.0 Å². The summed E-state index contributed by atoms with van der Waals surface area (Å²) in [5, 5.41) is 2.64. The summed E-state index contributed by atoms with van der Waals surface area (Å²) in [6.45, 7) is 1.97. The van der Waals surface area contributed by atoms with Crippen molar-refractivity contribution in [1.29, 1.82) is 0 Å². The Labute approximate surface area is 112 Å². The summed E-state index contributed by atoms with van der Waals surface area (Å²) in [6.07, 6.45) is 1.59. The molecule has 0 spiro atoms. The van der Waals surface area contributed by atoms with E-state index in [1.165, 1.54) is 0 Å². The van der Waals surface area contributed by atoms with Gasteiger partial charge >= 0.3 is 5.97 Å². The fraction of sp³-hybridized carbons (Fsp3) is 0.429. The van der Waals surface area contributed by atoms with Crippen molar-refractivity contribution in [1.82, 2.24) is 5.32 Å². The Morgan fingerprint density at radius 1 is 1.32 bits per heavy atom. The summed E-state index contributed by atoms with van der Waals surface area (Å²) in [5.41, 5.74) is 6.77. The molecule has 1 aliphatic rings. The number of nitrogens with two attached hydrogens (primary N) is 1. The molecule has 0 bridgehead atoms. The van der Waals surface area contributed by atoms with Gasteiger partial charge in [-0.05, 0) is 37.5 Å². The number of ether oxygens (including phenoxy) is 1. The molecule has 0 unspecified atom stereocenters. The third-order valence-electron chi connectivity index (χ3n) is 3.35. The Hall–Kier alpha value is -2.04. The number of nitrogen functional groups attached to an aromatic ring is 1. The first-order valence-electron chi connectivity index (χ1n) is 6.38. The quantitative estimate of drug-likeness (QED) is 0.612. The molecular weight excluding hydrogens is 244 g/mol. The molecule has 1 amide bonds. The van der Waals surface area contributed by atoms with E-state index in [1.54, 1.807) is 19.1 Å².